The molecular formula is C16H15N3O5. The van der Waals surface area contributed by atoms with Crippen LogP contribution in [-0.2, 0) is 0 Å². The summed E-state index contributed by atoms with van der Waals surface area (Å²) in [4.78, 5) is 32.7. The summed E-state index contributed by atoms with van der Waals surface area (Å²) >= 11 is 0. The fourth-order valence-corrected chi connectivity index (χ4v) is 2.22. The zero-order chi connectivity index (χ0) is 17.9. The molecule has 8 heteroatoms. The van der Waals surface area contributed by atoms with Crippen LogP contribution in [-0.4, -0.2) is 15.6 Å². The van der Waals surface area contributed by atoms with Gasteiger partial charge in [0.2, 0.25) is 0 Å². The second kappa shape index (κ2) is 6.97. The zero-order valence-corrected chi connectivity index (χ0v) is 12.8. The molecule has 2 aromatic carbocycles. The second-order valence-corrected chi connectivity index (χ2v) is 5.22. The number of non-ortho nitro benzene ring substituents is 2. The highest BCUT2D eigenvalue weighted by molar-refractivity contribution is 6.09. The summed E-state index contributed by atoms with van der Waals surface area (Å²) in [7, 11) is 0. The Morgan fingerprint density at radius 3 is 1.92 bits per heavy atom. The molecule has 0 aromatic heterocycles. The molecule has 24 heavy (non-hydrogen) atoms. The number of nitrogens with zero attached hydrogens (tertiary/aromatic N) is 2. The Balaban J connectivity index is 2.42. The maximum atomic E-state index is 12.5. The maximum absolute atomic E-state index is 12.5. The molecule has 1 atom stereocenters. The molecule has 0 aliphatic carbocycles. The highest BCUT2D eigenvalue weighted by atomic mass is 16.6. The highest BCUT2D eigenvalue weighted by Crippen LogP contribution is 2.25. The molecule has 0 aliphatic rings. The lowest BCUT2D eigenvalue weighted by atomic mass is 9.98. The third-order valence-corrected chi connectivity index (χ3v) is 3.63. The van der Waals surface area contributed by atoms with Gasteiger partial charge in [0.15, 0.2) is 5.78 Å². The predicted molar refractivity (Wildman–Crippen MR) is 86.8 cm³/mol. The van der Waals surface area contributed by atoms with Crippen LogP contribution < -0.4 is 5.73 Å². The summed E-state index contributed by atoms with van der Waals surface area (Å²) in [5.41, 5.74) is 5.92. The van der Waals surface area contributed by atoms with Gasteiger partial charge >= 0.3 is 0 Å². The van der Waals surface area contributed by atoms with Crippen molar-refractivity contribution in [2.24, 2.45) is 5.73 Å². The average Bonchev–Trinajstić information content (AvgIpc) is 2.60. The first-order valence-corrected chi connectivity index (χ1v) is 7.17. The number of nitro benzene ring substituents is 2. The van der Waals surface area contributed by atoms with Crippen LogP contribution in [0.5, 0.6) is 0 Å². The lowest BCUT2D eigenvalue weighted by Gasteiger charge is -2.09. The van der Waals surface area contributed by atoms with Crippen LogP contribution in [0, 0.1) is 20.2 Å². The predicted octanol–water partition coefficient (Wildman–Crippen LogP) is 3.14. The van der Waals surface area contributed by atoms with Crippen LogP contribution in [0.15, 0.2) is 42.5 Å². The number of benzene rings is 2. The third-order valence-electron chi connectivity index (χ3n) is 3.63. The summed E-state index contributed by atoms with van der Waals surface area (Å²) < 4.78 is 0. The van der Waals surface area contributed by atoms with Crippen LogP contribution >= 0.6 is 0 Å². The summed E-state index contributed by atoms with van der Waals surface area (Å²) in [6.07, 6.45) is 0.740. The van der Waals surface area contributed by atoms with Gasteiger partial charge in [0.25, 0.3) is 11.4 Å². The molecule has 0 unspecified atom stereocenters. The van der Waals surface area contributed by atoms with Crippen LogP contribution in [0.25, 0.3) is 0 Å². The number of nitro groups is 2. The number of carbonyl (C=O) groups is 1. The molecule has 0 amide bonds. The lowest BCUT2D eigenvalue weighted by Crippen LogP contribution is -2.09. The van der Waals surface area contributed by atoms with Gasteiger partial charge in [-0.2, -0.15) is 0 Å². The number of hydrogen-bond donors (Lipinski definition) is 1. The van der Waals surface area contributed by atoms with Gasteiger partial charge < -0.3 is 5.73 Å². The molecule has 2 rings (SSSR count). The molecule has 8 nitrogen and oxygen atoms in total. The van der Waals surface area contributed by atoms with Crippen molar-refractivity contribution < 1.29 is 14.6 Å². The summed E-state index contributed by atoms with van der Waals surface area (Å²) in [5, 5.41) is 21.8. The number of carbonyl (C=O) groups excluding carboxylic acids is 1. The summed E-state index contributed by atoms with van der Waals surface area (Å²) in [6.45, 7) is 1.94. The van der Waals surface area contributed by atoms with E-state index in [9.17, 15) is 25.0 Å². The Morgan fingerprint density at radius 1 is 1.00 bits per heavy atom. The van der Waals surface area contributed by atoms with E-state index in [4.69, 9.17) is 5.73 Å². The van der Waals surface area contributed by atoms with E-state index < -0.39 is 27.0 Å². The van der Waals surface area contributed by atoms with Gasteiger partial charge in [0, 0.05) is 29.3 Å². The molecule has 0 fully saturated rings. The van der Waals surface area contributed by atoms with E-state index in [-0.39, 0.29) is 17.2 Å². The Labute approximate surface area is 137 Å². The van der Waals surface area contributed by atoms with Crippen molar-refractivity contribution in [2.45, 2.75) is 19.4 Å². The molecule has 0 spiro atoms. The monoisotopic (exact) mass is 329 g/mol. The summed E-state index contributed by atoms with van der Waals surface area (Å²) in [6, 6.07) is 9.24. The van der Waals surface area contributed by atoms with Gasteiger partial charge in [-0.05, 0) is 12.0 Å². The van der Waals surface area contributed by atoms with E-state index in [1.807, 2.05) is 6.92 Å². The second-order valence-electron chi connectivity index (χ2n) is 5.22. The SMILES string of the molecule is CC[C@H](N)c1ccc(C(=O)c2cc([N+](=O)[O-])cc([N+](=O)[O-])c2)cc1. The number of hydrogen-bond acceptors (Lipinski definition) is 6. The molecule has 0 radical (unpaired) electrons. The van der Waals surface area contributed by atoms with Crippen LogP contribution in [0.3, 0.4) is 0 Å². The number of nitrogens with two attached hydrogens (primary N) is 1. The van der Waals surface area contributed by atoms with Crippen molar-refractivity contribution in [1.29, 1.82) is 0 Å². The first-order chi connectivity index (χ1) is 11.3. The summed E-state index contributed by atoms with van der Waals surface area (Å²) in [5.74, 6) is -0.529. The molecular weight excluding hydrogens is 314 g/mol. The molecule has 0 bridgehead atoms. The van der Waals surface area contributed by atoms with Gasteiger partial charge in [-0.25, -0.2) is 0 Å². The van der Waals surface area contributed by atoms with Gasteiger partial charge in [0.1, 0.15) is 0 Å². The Bertz CT molecular complexity index is 770. The molecule has 0 aliphatic heterocycles. The van der Waals surface area contributed by atoms with Crippen LogP contribution in [0.4, 0.5) is 11.4 Å². The largest absolute Gasteiger partial charge is 0.324 e. The molecule has 124 valence electrons. The fraction of sp³-hybridized carbons (Fsp3) is 0.188. The standard InChI is InChI=1S/C16H15N3O5/c1-2-15(17)10-3-5-11(6-4-10)16(20)12-7-13(18(21)22)9-14(8-12)19(23)24/h3-9,15H,2,17H2,1H3/t15-/m0/s1. The average molecular weight is 329 g/mol. The van der Waals surface area contributed by atoms with E-state index in [2.05, 4.69) is 0 Å². The highest BCUT2D eigenvalue weighted by Gasteiger charge is 2.20. The zero-order valence-electron chi connectivity index (χ0n) is 12.8. The molecule has 2 aromatic rings. The molecule has 0 heterocycles. The van der Waals surface area contributed by atoms with E-state index in [1.54, 1.807) is 24.3 Å². The van der Waals surface area contributed by atoms with Crippen molar-refractivity contribution in [3.05, 3.63) is 79.4 Å². The van der Waals surface area contributed by atoms with Crippen molar-refractivity contribution >= 4 is 17.2 Å². The van der Waals surface area contributed by atoms with E-state index in [1.165, 1.54) is 0 Å². The minimum Gasteiger partial charge on any atom is -0.324 e. The topological polar surface area (TPSA) is 129 Å². The minimum atomic E-state index is -0.771. The minimum absolute atomic E-state index is 0.108. The Morgan fingerprint density at radius 2 is 1.50 bits per heavy atom. The Kier molecular flexibility index (Phi) is 5.00. The fourth-order valence-electron chi connectivity index (χ4n) is 2.22. The Hall–Kier alpha value is -3.13. The van der Waals surface area contributed by atoms with Crippen molar-refractivity contribution in [2.75, 3.05) is 0 Å². The van der Waals surface area contributed by atoms with Crippen LogP contribution in [0.2, 0.25) is 0 Å². The molecule has 2 N–H and O–H groups in total. The van der Waals surface area contributed by atoms with E-state index >= 15 is 0 Å². The van der Waals surface area contributed by atoms with Gasteiger partial charge in [0.05, 0.1) is 15.9 Å². The van der Waals surface area contributed by atoms with Crippen molar-refractivity contribution in [3.8, 4) is 0 Å². The number of ketones is 1. The van der Waals surface area contributed by atoms with E-state index in [0.29, 0.717) is 0 Å². The normalized spacial score (nSPS) is 11.8. The van der Waals surface area contributed by atoms with Crippen LogP contribution in [0.1, 0.15) is 40.9 Å². The quantitative estimate of drug-likeness (QED) is 0.492. The molecule has 0 saturated carbocycles. The first-order valence-electron chi connectivity index (χ1n) is 7.17. The first kappa shape index (κ1) is 17.2. The molecule has 0 saturated heterocycles. The smallest absolute Gasteiger partial charge is 0.277 e. The maximum Gasteiger partial charge on any atom is 0.277 e. The van der Waals surface area contributed by atoms with Crippen molar-refractivity contribution in [3.63, 3.8) is 0 Å². The lowest BCUT2D eigenvalue weighted by molar-refractivity contribution is -0.394. The number of rotatable bonds is 6. The third kappa shape index (κ3) is 3.61. The van der Waals surface area contributed by atoms with Gasteiger partial charge in [-0.1, -0.05) is 31.2 Å². The van der Waals surface area contributed by atoms with Gasteiger partial charge in [-0.3, -0.25) is 25.0 Å². The van der Waals surface area contributed by atoms with Crippen molar-refractivity contribution in [1.82, 2.24) is 0 Å². The van der Waals surface area contributed by atoms with E-state index in [0.717, 1.165) is 30.2 Å². The van der Waals surface area contributed by atoms with Gasteiger partial charge in [-0.15, -0.1) is 0 Å².